The van der Waals surface area contributed by atoms with Gasteiger partial charge in [-0.3, -0.25) is 0 Å². The number of alkyl carbamates (subject to hydrolysis) is 1. The molecule has 180 valence electrons. The second-order valence-electron chi connectivity index (χ2n) is 8.33. The number of ether oxygens (including phenoxy) is 3. The summed E-state index contributed by atoms with van der Waals surface area (Å²) in [6, 6.07) is 0. The molecule has 0 bridgehead atoms. The van der Waals surface area contributed by atoms with Crippen molar-refractivity contribution in [2.75, 3.05) is 33.0 Å². The van der Waals surface area contributed by atoms with Crippen molar-refractivity contribution in [3.8, 4) is 0 Å². The van der Waals surface area contributed by atoms with Crippen LogP contribution >= 0.6 is 0 Å². The zero-order chi connectivity index (χ0) is 22.1. The Balaban J connectivity index is 3.16. The van der Waals surface area contributed by atoms with E-state index in [9.17, 15) is 4.79 Å². The first-order valence-corrected chi connectivity index (χ1v) is 12.8. The first kappa shape index (κ1) is 29.2. The number of carbonyl (C=O) groups is 1. The molecule has 0 saturated carbocycles. The largest absolute Gasteiger partial charge is 0.449 e. The molecule has 30 heavy (non-hydrogen) atoms. The summed E-state index contributed by atoms with van der Waals surface area (Å²) in [5.41, 5.74) is 0. The van der Waals surface area contributed by atoms with Crippen LogP contribution in [0.4, 0.5) is 4.79 Å². The van der Waals surface area contributed by atoms with Gasteiger partial charge in [-0.15, -0.1) is 0 Å². The summed E-state index contributed by atoms with van der Waals surface area (Å²) in [5.74, 6) is 0. The summed E-state index contributed by atoms with van der Waals surface area (Å²) in [5, 5.41) is 2.78. The first-order valence-electron chi connectivity index (χ1n) is 12.8. The minimum Gasteiger partial charge on any atom is -0.449 e. The molecule has 1 N–H and O–H groups in total. The fraction of sp³-hybridized carbons (Fsp3) is 0.960. The van der Waals surface area contributed by atoms with E-state index in [4.69, 9.17) is 14.2 Å². The van der Waals surface area contributed by atoms with Gasteiger partial charge in [-0.05, 0) is 33.1 Å². The summed E-state index contributed by atoms with van der Waals surface area (Å²) >= 11 is 0. The molecule has 0 aromatic carbocycles. The van der Waals surface area contributed by atoms with E-state index in [1.54, 1.807) is 0 Å². The van der Waals surface area contributed by atoms with Crippen molar-refractivity contribution >= 4 is 6.09 Å². The third kappa shape index (κ3) is 23.5. The number of carbonyl (C=O) groups excluding carboxylic acids is 1. The first-order chi connectivity index (χ1) is 14.7. The van der Waals surface area contributed by atoms with Gasteiger partial charge in [0.2, 0.25) is 0 Å². The van der Waals surface area contributed by atoms with Gasteiger partial charge >= 0.3 is 6.09 Å². The Bertz CT molecular complexity index is 352. The molecule has 0 radical (unpaired) electrons. The highest BCUT2D eigenvalue weighted by atomic mass is 16.5. The number of hydrogen-bond donors (Lipinski definition) is 1. The van der Waals surface area contributed by atoms with Crippen molar-refractivity contribution in [1.82, 2.24) is 5.32 Å². The van der Waals surface area contributed by atoms with Crippen LogP contribution in [0.5, 0.6) is 0 Å². The van der Waals surface area contributed by atoms with Crippen LogP contribution in [0.2, 0.25) is 0 Å². The fourth-order valence-corrected chi connectivity index (χ4v) is 3.47. The van der Waals surface area contributed by atoms with E-state index < -0.39 is 0 Å². The van der Waals surface area contributed by atoms with Crippen molar-refractivity contribution < 1.29 is 19.0 Å². The lowest BCUT2D eigenvalue weighted by Crippen LogP contribution is -2.26. The summed E-state index contributed by atoms with van der Waals surface area (Å²) in [7, 11) is 0. The Morgan fingerprint density at radius 2 is 1.30 bits per heavy atom. The van der Waals surface area contributed by atoms with E-state index in [0.29, 0.717) is 19.8 Å². The standard InChI is InChI=1S/C25H51NO4/c1-4-6-7-8-9-10-11-12-13-14-15-16-21-28-22-18-23-30-25(27)26-20-17-19-24(3)29-5-2/h24H,4-23H2,1-3H3,(H,26,27). The number of unbranched alkanes of at least 4 members (excludes halogenated alkanes) is 11. The van der Waals surface area contributed by atoms with E-state index >= 15 is 0 Å². The van der Waals surface area contributed by atoms with Gasteiger partial charge in [0, 0.05) is 32.8 Å². The maximum absolute atomic E-state index is 11.6. The molecule has 5 nitrogen and oxygen atoms in total. The zero-order valence-corrected chi connectivity index (χ0v) is 20.4. The summed E-state index contributed by atoms with van der Waals surface area (Å²) < 4.78 is 16.2. The highest BCUT2D eigenvalue weighted by Crippen LogP contribution is 2.11. The monoisotopic (exact) mass is 429 g/mol. The Kier molecular flexibility index (Phi) is 23.8. The van der Waals surface area contributed by atoms with Crippen molar-refractivity contribution in [3.63, 3.8) is 0 Å². The lowest BCUT2D eigenvalue weighted by molar-refractivity contribution is 0.0684. The molecule has 0 aliphatic heterocycles. The number of hydrogen-bond acceptors (Lipinski definition) is 4. The average molecular weight is 430 g/mol. The van der Waals surface area contributed by atoms with E-state index in [1.807, 2.05) is 6.92 Å². The quantitative estimate of drug-likeness (QED) is 0.177. The van der Waals surface area contributed by atoms with Gasteiger partial charge < -0.3 is 19.5 Å². The van der Waals surface area contributed by atoms with Gasteiger partial charge in [-0.2, -0.15) is 0 Å². The maximum Gasteiger partial charge on any atom is 0.407 e. The molecule has 0 fully saturated rings. The Labute approximate surface area is 187 Å². The number of amides is 1. The van der Waals surface area contributed by atoms with Crippen LogP contribution < -0.4 is 5.32 Å². The fourth-order valence-electron chi connectivity index (χ4n) is 3.47. The Morgan fingerprint density at radius 3 is 1.90 bits per heavy atom. The molecular formula is C25H51NO4. The second-order valence-corrected chi connectivity index (χ2v) is 8.33. The lowest BCUT2D eigenvalue weighted by Gasteiger charge is -2.11. The highest BCUT2D eigenvalue weighted by molar-refractivity contribution is 5.66. The van der Waals surface area contributed by atoms with Crippen LogP contribution in [0.25, 0.3) is 0 Å². The van der Waals surface area contributed by atoms with Crippen LogP contribution in [-0.2, 0) is 14.2 Å². The highest BCUT2D eigenvalue weighted by Gasteiger charge is 2.03. The summed E-state index contributed by atoms with van der Waals surface area (Å²) in [6.45, 7) is 9.59. The molecule has 0 spiro atoms. The third-order valence-corrected chi connectivity index (χ3v) is 5.32. The van der Waals surface area contributed by atoms with E-state index in [1.165, 1.54) is 70.6 Å². The summed E-state index contributed by atoms with van der Waals surface area (Å²) in [4.78, 5) is 11.6. The molecule has 1 amide bonds. The molecule has 0 saturated heterocycles. The zero-order valence-electron chi connectivity index (χ0n) is 20.4. The SMILES string of the molecule is CCCCCCCCCCCCCCOCCCOC(=O)NCCCC(C)OCC. The average Bonchev–Trinajstić information content (AvgIpc) is 2.73. The normalized spacial score (nSPS) is 12.1. The molecular weight excluding hydrogens is 378 g/mol. The molecule has 0 aliphatic carbocycles. The van der Waals surface area contributed by atoms with Crippen molar-refractivity contribution in [2.45, 2.75) is 123 Å². The van der Waals surface area contributed by atoms with Crippen molar-refractivity contribution in [1.29, 1.82) is 0 Å². The van der Waals surface area contributed by atoms with Crippen LogP contribution in [0.15, 0.2) is 0 Å². The van der Waals surface area contributed by atoms with Gasteiger partial charge in [0.05, 0.1) is 12.7 Å². The number of nitrogens with one attached hydrogen (secondary N) is 1. The second kappa shape index (κ2) is 24.5. The molecule has 0 aromatic rings. The molecule has 1 unspecified atom stereocenters. The van der Waals surface area contributed by atoms with Gasteiger partial charge in [0.15, 0.2) is 0 Å². The van der Waals surface area contributed by atoms with Crippen LogP contribution in [0.3, 0.4) is 0 Å². The van der Waals surface area contributed by atoms with Gasteiger partial charge in [-0.1, -0.05) is 77.6 Å². The predicted molar refractivity (Wildman–Crippen MR) is 126 cm³/mol. The smallest absolute Gasteiger partial charge is 0.407 e. The summed E-state index contributed by atoms with van der Waals surface area (Å²) in [6.07, 6.45) is 18.8. The predicted octanol–water partition coefficient (Wildman–Crippen LogP) is 7.03. The molecule has 0 rings (SSSR count). The molecule has 1 atom stereocenters. The molecule has 0 aromatic heterocycles. The molecule has 0 heterocycles. The Morgan fingerprint density at radius 1 is 0.733 bits per heavy atom. The van der Waals surface area contributed by atoms with Gasteiger partial charge in [0.25, 0.3) is 0 Å². The Hall–Kier alpha value is -0.810. The van der Waals surface area contributed by atoms with Crippen LogP contribution in [0, 0.1) is 0 Å². The van der Waals surface area contributed by atoms with Crippen molar-refractivity contribution in [3.05, 3.63) is 0 Å². The van der Waals surface area contributed by atoms with E-state index in [0.717, 1.165) is 38.9 Å². The van der Waals surface area contributed by atoms with Gasteiger partial charge in [0.1, 0.15) is 0 Å². The molecule has 0 aliphatic rings. The number of rotatable bonds is 23. The van der Waals surface area contributed by atoms with Crippen LogP contribution in [0.1, 0.15) is 117 Å². The topological polar surface area (TPSA) is 56.8 Å². The van der Waals surface area contributed by atoms with Crippen molar-refractivity contribution in [2.24, 2.45) is 0 Å². The maximum atomic E-state index is 11.6. The van der Waals surface area contributed by atoms with E-state index in [2.05, 4.69) is 19.2 Å². The third-order valence-electron chi connectivity index (χ3n) is 5.32. The minimum atomic E-state index is -0.333. The molecule has 5 heteroatoms. The minimum absolute atomic E-state index is 0.245. The lowest BCUT2D eigenvalue weighted by atomic mass is 10.1. The van der Waals surface area contributed by atoms with Gasteiger partial charge in [-0.25, -0.2) is 4.79 Å². The van der Waals surface area contributed by atoms with Crippen LogP contribution in [-0.4, -0.2) is 45.2 Å². The van der Waals surface area contributed by atoms with E-state index in [-0.39, 0.29) is 12.2 Å².